The van der Waals surface area contributed by atoms with Crippen LogP contribution in [0.25, 0.3) is 0 Å². The lowest BCUT2D eigenvalue weighted by atomic mass is 9.87. The van der Waals surface area contributed by atoms with Crippen LogP contribution in [0.2, 0.25) is 0 Å². The van der Waals surface area contributed by atoms with E-state index in [2.05, 4.69) is 4.90 Å². The zero-order chi connectivity index (χ0) is 9.42. The highest BCUT2D eigenvalue weighted by Crippen LogP contribution is 2.30. The van der Waals surface area contributed by atoms with Crippen molar-refractivity contribution < 1.29 is 9.59 Å². The molecule has 72 valence electrons. The molecular formula is C9H14N2O2. The number of rotatable bonds is 3. The smallest absolute Gasteiger partial charge is 0.240 e. The van der Waals surface area contributed by atoms with Gasteiger partial charge in [-0.2, -0.15) is 0 Å². The molecule has 0 radical (unpaired) electrons. The number of carbonyl (C=O) groups is 2. The Morgan fingerprint density at radius 2 is 2.38 bits per heavy atom. The van der Waals surface area contributed by atoms with Gasteiger partial charge in [0, 0.05) is 25.6 Å². The van der Waals surface area contributed by atoms with E-state index < -0.39 is 0 Å². The lowest BCUT2D eigenvalue weighted by molar-refractivity contribution is -0.156. The third-order valence-corrected chi connectivity index (χ3v) is 3.11. The molecule has 2 bridgehead atoms. The second kappa shape index (κ2) is 3.10. The van der Waals surface area contributed by atoms with Crippen LogP contribution in [0.4, 0.5) is 0 Å². The van der Waals surface area contributed by atoms with Crippen molar-refractivity contribution in [3.05, 3.63) is 0 Å². The number of amides is 1. The van der Waals surface area contributed by atoms with Gasteiger partial charge in [0.05, 0.1) is 6.04 Å². The van der Waals surface area contributed by atoms with Gasteiger partial charge in [-0.3, -0.25) is 9.69 Å². The fraction of sp³-hybridized carbons (Fsp3) is 0.778. The van der Waals surface area contributed by atoms with E-state index >= 15 is 0 Å². The third kappa shape index (κ3) is 1.25. The first-order valence-corrected chi connectivity index (χ1v) is 4.68. The van der Waals surface area contributed by atoms with Crippen LogP contribution in [0.5, 0.6) is 0 Å². The molecule has 2 atom stereocenters. The molecule has 0 aromatic heterocycles. The van der Waals surface area contributed by atoms with E-state index in [0.29, 0.717) is 19.0 Å². The fourth-order valence-electron chi connectivity index (χ4n) is 2.15. The number of fused-ring (bicyclic) bond motifs is 2. The summed E-state index contributed by atoms with van der Waals surface area (Å²) in [5.74, 6) is 0.201. The Morgan fingerprint density at radius 3 is 2.92 bits per heavy atom. The van der Waals surface area contributed by atoms with Gasteiger partial charge in [0.25, 0.3) is 0 Å². The molecule has 0 saturated carbocycles. The summed E-state index contributed by atoms with van der Waals surface area (Å²) in [6, 6.07) is 0.639. The molecule has 13 heavy (non-hydrogen) atoms. The molecule has 0 aliphatic carbocycles. The molecule has 3 heterocycles. The molecule has 3 saturated heterocycles. The fourth-order valence-corrected chi connectivity index (χ4v) is 2.15. The highest BCUT2D eigenvalue weighted by molar-refractivity contribution is 5.84. The van der Waals surface area contributed by atoms with E-state index in [9.17, 15) is 9.59 Å². The van der Waals surface area contributed by atoms with E-state index in [1.807, 2.05) is 11.9 Å². The van der Waals surface area contributed by atoms with Gasteiger partial charge >= 0.3 is 0 Å². The number of carbonyl (C=O) groups excluding carboxylic acids is 2. The average Bonchev–Trinajstić information content (AvgIpc) is 2.14. The quantitative estimate of drug-likeness (QED) is 0.552. The molecule has 2 unspecified atom stereocenters. The number of piperidine rings is 1. The summed E-state index contributed by atoms with van der Waals surface area (Å²) in [5, 5.41) is 0. The maximum absolute atomic E-state index is 11.6. The Hall–Kier alpha value is -0.900. The molecule has 0 N–H and O–H groups in total. The topological polar surface area (TPSA) is 40.6 Å². The van der Waals surface area contributed by atoms with E-state index in [1.54, 1.807) is 0 Å². The van der Waals surface area contributed by atoms with Crippen molar-refractivity contribution in [3.8, 4) is 0 Å². The first-order valence-electron chi connectivity index (χ1n) is 4.68. The number of likely N-dealkylation sites (N-methyl/N-ethyl adjacent to an activating group) is 1. The Balaban J connectivity index is 1.94. The summed E-state index contributed by atoms with van der Waals surface area (Å²) in [4.78, 5) is 25.7. The Morgan fingerprint density at radius 1 is 1.62 bits per heavy atom. The summed E-state index contributed by atoms with van der Waals surface area (Å²) < 4.78 is 0. The Kier molecular flexibility index (Phi) is 2.07. The van der Waals surface area contributed by atoms with E-state index in [1.165, 1.54) is 0 Å². The second-order valence-corrected chi connectivity index (χ2v) is 3.81. The molecule has 3 fully saturated rings. The number of hydrogen-bond donors (Lipinski definition) is 0. The van der Waals surface area contributed by atoms with Crippen molar-refractivity contribution >= 4 is 12.2 Å². The monoisotopic (exact) mass is 182 g/mol. The molecule has 4 heteroatoms. The van der Waals surface area contributed by atoms with Crippen molar-refractivity contribution in [2.24, 2.45) is 0 Å². The number of aldehydes is 1. The minimum Gasteiger partial charge on any atom is -0.339 e. The van der Waals surface area contributed by atoms with Crippen LogP contribution in [0.15, 0.2) is 0 Å². The van der Waals surface area contributed by atoms with Gasteiger partial charge in [-0.25, -0.2) is 0 Å². The summed E-state index contributed by atoms with van der Waals surface area (Å²) in [7, 11) is 1.99. The van der Waals surface area contributed by atoms with Crippen LogP contribution in [0.1, 0.15) is 12.8 Å². The summed E-state index contributed by atoms with van der Waals surface area (Å²) in [6.45, 7) is 1.41. The van der Waals surface area contributed by atoms with Crippen molar-refractivity contribution in [2.45, 2.75) is 24.9 Å². The van der Waals surface area contributed by atoms with Gasteiger partial charge in [0.2, 0.25) is 5.91 Å². The van der Waals surface area contributed by atoms with Gasteiger partial charge in [0.15, 0.2) is 0 Å². The first-order chi connectivity index (χ1) is 6.24. The number of nitrogens with zero attached hydrogens (tertiary/aromatic N) is 2. The number of piperazine rings is 1. The zero-order valence-corrected chi connectivity index (χ0v) is 7.77. The minimum atomic E-state index is 0.102. The molecule has 0 spiro atoms. The summed E-state index contributed by atoms with van der Waals surface area (Å²) >= 11 is 0. The Bertz CT molecular complexity index is 242. The van der Waals surface area contributed by atoms with Gasteiger partial charge in [-0.05, 0) is 13.5 Å². The van der Waals surface area contributed by atoms with Crippen molar-refractivity contribution in [2.75, 3.05) is 20.1 Å². The van der Waals surface area contributed by atoms with Crippen molar-refractivity contribution in [1.82, 2.24) is 9.80 Å². The van der Waals surface area contributed by atoms with Crippen LogP contribution < -0.4 is 0 Å². The second-order valence-electron chi connectivity index (χ2n) is 3.81. The maximum atomic E-state index is 11.6. The van der Waals surface area contributed by atoms with Gasteiger partial charge in [-0.15, -0.1) is 0 Å². The third-order valence-electron chi connectivity index (χ3n) is 3.11. The predicted octanol–water partition coefficient (Wildman–Crippen LogP) is -0.510. The number of hydrogen-bond acceptors (Lipinski definition) is 3. The SMILES string of the molecule is CN1C2CC1C(=O)N(CCC=O)C2. The highest BCUT2D eigenvalue weighted by atomic mass is 16.2. The Labute approximate surface area is 77.5 Å². The van der Waals surface area contributed by atoms with Gasteiger partial charge in [-0.1, -0.05) is 0 Å². The molecular weight excluding hydrogens is 168 g/mol. The van der Waals surface area contributed by atoms with Crippen LogP contribution in [-0.2, 0) is 9.59 Å². The van der Waals surface area contributed by atoms with Gasteiger partial charge in [0.1, 0.15) is 6.29 Å². The van der Waals surface area contributed by atoms with E-state index in [4.69, 9.17) is 0 Å². The lowest BCUT2D eigenvalue weighted by Crippen LogP contribution is -2.69. The maximum Gasteiger partial charge on any atom is 0.240 e. The first kappa shape index (κ1) is 8.69. The van der Waals surface area contributed by atoms with E-state index in [-0.39, 0.29) is 11.9 Å². The molecule has 3 rings (SSSR count). The van der Waals surface area contributed by atoms with Crippen LogP contribution >= 0.6 is 0 Å². The molecule has 3 aliphatic heterocycles. The average molecular weight is 182 g/mol. The molecule has 0 aromatic rings. The highest BCUT2D eigenvalue weighted by Gasteiger charge is 2.47. The molecule has 4 nitrogen and oxygen atoms in total. The standard InChI is InChI=1S/C9H14N2O2/c1-10-7-5-8(10)9(13)11(6-7)3-2-4-12/h4,7-8H,2-3,5-6H2,1H3. The van der Waals surface area contributed by atoms with Crippen LogP contribution in [-0.4, -0.2) is 54.2 Å². The van der Waals surface area contributed by atoms with Crippen molar-refractivity contribution in [3.63, 3.8) is 0 Å². The van der Waals surface area contributed by atoms with E-state index in [0.717, 1.165) is 19.3 Å². The molecule has 1 amide bonds. The predicted molar refractivity (Wildman–Crippen MR) is 47.2 cm³/mol. The minimum absolute atomic E-state index is 0.102. The normalized spacial score (nSPS) is 33.0. The molecule has 0 aromatic carbocycles. The molecule has 3 aliphatic rings. The van der Waals surface area contributed by atoms with Gasteiger partial charge < -0.3 is 9.69 Å². The largest absolute Gasteiger partial charge is 0.339 e. The van der Waals surface area contributed by atoms with Crippen molar-refractivity contribution in [1.29, 1.82) is 0 Å². The van der Waals surface area contributed by atoms with Crippen LogP contribution in [0, 0.1) is 0 Å². The zero-order valence-electron chi connectivity index (χ0n) is 7.77. The van der Waals surface area contributed by atoms with Crippen LogP contribution in [0.3, 0.4) is 0 Å². The summed E-state index contributed by atoms with van der Waals surface area (Å²) in [5.41, 5.74) is 0. The lowest BCUT2D eigenvalue weighted by Gasteiger charge is -2.53. The summed E-state index contributed by atoms with van der Waals surface area (Å²) in [6.07, 6.45) is 2.35.